The van der Waals surface area contributed by atoms with Crippen LogP contribution in [-0.2, 0) is 19.0 Å². The number of carbonyl (C=O) groups excluding carboxylic acids is 1. The van der Waals surface area contributed by atoms with Gasteiger partial charge in [0.25, 0.3) is 0 Å². The SMILES string of the molecule is COCCOCCN1C[C@@H](C)C[C@H]2OC3(CC[C@@H]4C(=C(C)C3)C[C@H]3C4CCC4=CC(=O)CC[C@@]43C)[C@H](C)[C@@H]21. The Morgan fingerprint density at radius 3 is 2.79 bits per heavy atom. The molecule has 2 aliphatic heterocycles. The van der Waals surface area contributed by atoms with Crippen LogP contribution in [0.15, 0.2) is 22.8 Å². The Morgan fingerprint density at radius 2 is 1.97 bits per heavy atom. The van der Waals surface area contributed by atoms with Crippen molar-refractivity contribution in [1.82, 2.24) is 4.90 Å². The zero-order valence-electron chi connectivity index (χ0n) is 24.6. The van der Waals surface area contributed by atoms with E-state index < -0.39 is 0 Å². The van der Waals surface area contributed by atoms with Gasteiger partial charge in [0.05, 0.1) is 31.5 Å². The fraction of sp³-hybridized carbons (Fsp3) is 0.848. The number of hydrogen-bond acceptors (Lipinski definition) is 5. The third kappa shape index (κ3) is 4.48. The van der Waals surface area contributed by atoms with E-state index in [1.54, 1.807) is 18.3 Å². The minimum Gasteiger partial charge on any atom is -0.382 e. The third-order valence-corrected chi connectivity index (χ3v) is 12.1. The summed E-state index contributed by atoms with van der Waals surface area (Å²) < 4.78 is 18.3. The van der Waals surface area contributed by atoms with Crippen LogP contribution >= 0.6 is 0 Å². The van der Waals surface area contributed by atoms with E-state index in [2.05, 4.69) is 32.6 Å². The van der Waals surface area contributed by atoms with Crippen LogP contribution in [0.2, 0.25) is 0 Å². The first kappa shape index (κ1) is 27.2. The first-order valence-electron chi connectivity index (χ1n) is 15.7. The van der Waals surface area contributed by atoms with Crippen LogP contribution in [0, 0.1) is 35.0 Å². The van der Waals surface area contributed by atoms with Crippen LogP contribution in [-0.4, -0.2) is 68.4 Å². The number of nitrogens with zero attached hydrogens (tertiary/aromatic N) is 1. The van der Waals surface area contributed by atoms with Gasteiger partial charge < -0.3 is 14.2 Å². The summed E-state index contributed by atoms with van der Waals surface area (Å²) in [5.74, 6) is 3.78. The van der Waals surface area contributed by atoms with Gasteiger partial charge in [-0.3, -0.25) is 9.69 Å². The molecule has 2 unspecified atom stereocenters. The molecule has 6 rings (SSSR count). The molecule has 0 aromatic heterocycles. The average Bonchev–Trinajstić information content (AvgIpc) is 3.34. The van der Waals surface area contributed by atoms with Crippen LogP contribution in [0.3, 0.4) is 0 Å². The molecule has 0 N–H and O–H groups in total. The molecule has 0 radical (unpaired) electrons. The Labute approximate surface area is 230 Å². The van der Waals surface area contributed by atoms with Gasteiger partial charge in [-0.1, -0.05) is 37.5 Å². The van der Waals surface area contributed by atoms with E-state index in [1.807, 2.05) is 6.08 Å². The van der Waals surface area contributed by atoms with Crippen molar-refractivity contribution < 1.29 is 19.0 Å². The predicted molar refractivity (Wildman–Crippen MR) is 150 cm³/mol. The number of methoxy groups -OCH3 is 1. The van der Waals surface area contributed by atoms with Gasteiger partial charge in [0.2, 0.25) is 0 Å². The second kappa shape index (κ2) is 10.4. The summed E-state index contributed by atoms with van der Waals surface area (Å²) in [4.78, 5) is 14.9. The summed E-state index contributed by atoms with van der Waals surface area (Å²) in [5.41, 5.74) is 5.10. The Morgan fingerprint density at radius 1 is 1.13 bits per heavy atom. The molecule has 5 heteroatoms. The molecule has 0 amide bonds. The van der Waals surface area contributed by atoms with Gasteiger partial charge >= 0.3 is 0 Å². The summed E-state index contributed by atoms with van der Waals surface area (Å²) >= 11 is 0. The maximum Gasteiger partial charge on any atom is 0.155 e. The standard InChI is InChI=1S/C33H51NO4/c1-21-16-30-31(34(20-21)12-13-37-15-14-36-5)23(3)33(38-30)11-9-26-27-7-6-24-17-25(35)8-10-32(24,4)29(27)18-28(26)22(2)19-33/h17,21,23,26-27,29-31H,6-16,18-20H2,1-5H3/t21-,23+,26-,27?,29-,30+,31-,32-,33?/m0/s1. The number of hydrogen-bond donors (Lipinski definition) is 0. The van der Waals surface area contributed by atoms with Crippen LogP contribution < -0.4 is 0 Å². The molecule has 4 fully saturated rings. The molecule has 9 atom stereocenters. The van der Waals surface area contributed by atoms with E-state index in [-0.39, 0.29) is 11.0 Å². The normalized spacial score (nSPS) is 44.9. The number of ether oxygens (including phenoxy) is 3. The fourth-order valence-electron chi connectivity index (χ4n) is 10.2. The molecule has 2 saturated carbocycles. The van der Waals surface area contributed by atoms with Crippen LogP contribution in [0.4, 0.5) is 0 Å². The molecule has 38 heavy (non-hydrogen) atoms. The molecule has 0 aromatic rings. The summed E-state index contributed by atoms with van der Waals surface area (Å²) in [7, 11) is 1.73. The molecule has 0 aromatic carbocycles. The minimum atomic E-state index is -0.0215. The van der Waals surface area contributed by atoms with Crippen molar-refractivity contribution in [3.63, 3.8) is 0 Å². The van der Waals surface area contributed by atoms with Crippen LogP contribution in [0.5, 0.6) is 0 Å². The average molecular weight is 526 g/mol. The summed E-state index contributed by atoms with van der Waals surface area (Å²) in [6.45, 7) is 14.1. The highest BCUT2D eigenvalue weighted by Gasteiger charge is 2.59. The van der Waals surface area contributed by atoms with Crippen molar-refractivity contribution in [2.75, 3.05) is 40.0 Å². The largest absolute Gasteiger partial charge is 0.382 e. The quantitative estimate of drug-likeness (QED) is 0.316. The maximum absolute atomic E-state index is 12.2. The number of likely N-dealkylation sites (tertiary alicyclic amines) is 1. The fourth-order valence-corrected chi connectivity index (χ4v) is 10.2. The van der Waals surface area contributed by atoms with Crippen molar-refractivity contribution in [2.24, 2.45) is 35.0 Å². The molecule has 2 heterocycles. The van der Waals surface area contributed by atoms with Crippen molar-refractivity contribution in [3.8, 4) is 0 Å². The molecular weight excluding hydrogens is 474 g/mol. The minimum absolute atomic E-state index is 0.0215. The number of rotatable bonds is 6. The molecule has 2 saturated heterocycles. The molecule has 0 bridgehead atoms. The van der Waals surface area contributed by atoms with Gasteiger partial charge in [-0.2, -0.15) is 0 Å². The van der Waals surface area contributed by atoms with Gasteiger partial charge in [-0.05, 0) is 93.5 Å². The van der Waals surface area contributed by atoms with Gasteiger partial charge in [-0.25, -0.2) is 0 Å². The molecule has 1 spiro atoms. The van der Waals surface area contributed by atoms with Crippen LogP contribution in [0.1, 0.15) is 85.5 Å². The van der Waals surface area contributed by atoms with E-state index in [4.69, 9.17) is 14.2 Å². The highest BCUT2D eigenvalue weighted by molar-refractivity contribution is 5.91. The molecule has 6 aliphatic rings. The second-order valence-corrected chi connectivity index (χ2v) is 14.1. The van der Waals surface area contributed by atoms with E-state index in [9.17, 15) is 4.79 Å². The smallest absolute Gasteiger partial charge is 0.155 e. The van der Waals surface area contributed by atoms with Gasteiger partial charge in [-0.15, -0.1) is 0 Å². The zero-order valence-corrected chi connectivity index (χ0v) is 24.6. The van der Waals surface area contributed by atoms with E-state index in [1.165, 1.54) is 37.7 Å². The first-order valence-corrected chi connectivity index (χ1v) is 15.7. The van der Waals surface area contributed by atoms with Crippen molar-refractivity contribution in [3.05, 3.63) is 22.8 Å². The molecule has 5 nitrogen and oxygen atoms in total. The van der Waals surface area contributed by atoms with E-state index >= 15 is 0 Å². The Hall–Kier alpha value is -1.01. The number of allylic oxidation sites excluding steroid dienone is 3. The van der Waals surface area contributed by atoms with Gasteiger partial charge in [0, 0.05) is 38.6 Å². The lowest BCUT2D eigenvalue weighted by molar-refractivity contribution is -0.116. The topological polar surface area (TPSA) is 48.0 Å². The number of fused-ring (bicyclic) bond motifs is 6. The lowest BCUT2D eigenvalue weighted by Gasteiger charge is -2.48. The van der Waals surface area contributed by atoms with Crippen molar-refractivity contribution >= 4 is 5.78 Å². The summed E-state index contributed by atoms with van der Waals surface area (Å²) in [5, 5.41) is 0. The molecule has 212 valence electrons. The zero-order chi connectivity index (χ0) is 26.7. The van der Waals surface area contributed by atoms with Crippen molar-refractivity contribution in [2.45, 2.75) is 103 Å². The monoisotopic (exact) mass is 525 g/mol. The number of piperidine rings is 1. The second-order valence-electron chi connectivity index (χ2n) is 14.1. The first-order chi connectivity index (χ1) is 18.3. The van der Waals surface area contributed by atoms with Gasteiger partial charge in [0.15, 0.2) is 5.78 Å². The molecule has 4 aliphatic carbocycles. The predicted octanol–water partition coefficient (Wildman–Crippen LogP) is 5.98. The molecular formula is C33H51NO4. The Balaban J connectivity index is 1.21. The van der Waals surface area contributed by atoms with E-state index in [0.717, 1.165) is 63.1 Å². The Bertz CT molecular complexity index is 987. The Kier molecular flexibility index (Phi) is 7.46. The lowest BCUT2D eigenvalue weighted by atomic mass is 9.56. The number of carbonyl (C=O) groups is 1. The summed E-state index contributed by atoms with van der Waals surface area (Å²) in [6.07, 6.45) is 12.6. The van der Waals surface area contributed by atoms with Crippen LogP contribution in [0.25, 0.3) is 0 Å². The van der Waals surface area contributed by atoms with Gasteiger partial charge in [0.1, 0.15) is 0 Å². The highest BCUT2D eigenvalue weighted by atomic mass is 16.5. The summed E-state index contributed by atoms with van der Waals surface area (Å²) in [6, 6.07) is 0.502. The van der Waals surface area contributed by atoms with E-state index in [0.29, 0.717) is 43.0 Å². The highest BCUT2D eigenvalue weighted by Crippen LogP contribution is 2.64. The third-order valence-electron chi connectivity index (χ3n) is 12.1. The maximum atomic E-state index is 12.2. The lowest BCUT2D eigenvalue weighted by Crippen LogP contribution is -2.52. The number of ketones is 1. The van der Waals surface area contributed by atoms with Crippen molar-refractivity contribution in [1.29, 1.82) is 0 Å².